The van der Waals surface area contributed by atoms with Crippen molar-refractivity contribution in [3.05, 3.63) is 33.9 Å². The summed E-state index contributed by atoms with van der Waals surface area (Å²) in [7, 11) is 0. The summed E-state index contributed by atoms with van der Waals surface area (Å²) in [4.78, 5) is 12.7. The van der Waals surface area contributed by atoms with Crippen molar-refractivity contribution in [3.63, 3.8) is 0 Å². The third-order valence-electron chi connectivity index (χ3n) is 3.76. The minimum Gasteiger partial charge on any atom is -0.368 e. The van der Waals surface area contributed by atoms with Crippen LogP contribution < -0.4 is 10.6 Å². The van der Waals surface area contributed by atoms with Crippen molar-refractivity contribution in [1.82, 2.24) is 0 Å². The predicted molar refractivity (Wildman–Crippen MR) is 76.5 cm³/mol. The van der Waals surface area contributed by atoms with E-state index in [4.69, 9.17) is 11.0 Å². The first-order chi connectivity index (χ1) is 9.67. The minimum atomic E-state index is -0.496. The molecule has 0 radical (unpaired) electrons. The van der Waals surface area contributed by atoms with E-state index in [-0.39, 0.29) is 11.3 Å². The van der Waals surface area contributed by atoms with Gasteiger partial charge < -0.3 is 10.6 Å². The summed E-state index contributed by atoms with van der Waals surface area (Å²) in [6.07, 6.45) is 4.19. The lowest BCUT2D eigenvalue weighted by Crippen LogP contribution is -2.40. The predicted octanol–water partition coefficient (Wildman–Crippen LogP) is 2.17. The molecule has 106 valence electrons. The van der Waals surface area contributed by atoms with Crippen LogP contribution in [0.5, 0.6) is 0 Å². The Morgan fingerprint density at radius 2 is 2.30 bits per heavy atom. The molecule has 20 heavy (non-hydrogen) atoms. The Balaban J connectivity index is 2.33. The fourth-order valence-electron chi connectivity index (χ4n) is 2.78. The van der Waals surface area contributed by atoms with Gasteiger partial charge in [-0.25, -0.2) is 0 Å². The zero-order chi connectivity index (χ0) is 14.5. The van der Waals surface area contributed by atoms with Crippen LogP contribution in [0.25, 0.3) is 0 Å². The van der Waals surface area contributed by atoms with Gasteiger partial charge in [-0.15, -0.1) is 0 Å². The SMILES string of the molecule is N#Cc1ccc(N2CCCCC2CCN)cc1[N+](=O)[O-]. The number of hydrogen-bond acceptors (Lipinski definition) is 5. The quantitative estimate of drug-likeness (QED) is 0.670. The highest BCUT2D eigenvalue weighted by Crippen LogP contribution is 2.30. The number of nitro groups is 1. The van der Waals surface area contributed by atoms with E-state index in [2.05, 4.69) is 4.90 Å². The summed E-state index contributed by atoms with van der Waals surface area (Å²) in [5.74, 6) is 0. The molecule has 0 aromatic heterocycles. The average molecular weight is 274 g/mol. The Kier molecular flexibility index (Phi) is 4.53. The number of nitrogens with two attached hydrogens (primary N) is 1. The molecule has 1 heterocycles. The van der Waals surface area contributed by atoms with Gasteiger partial charge in [0.25, 0.3) is 5.69 Å². The van der Waals surface area contributed by atoms with Crippen LogP contribution in [0.4, 0.5) is 11.4 Å². The molecule has 1 fully saturated rings. The second kappa shape index (κ2) is 6.35. The van der Waals surface area contributed by atoms with Crippen molar-refractivity contribution in [3.8, 4) is 6.07 Å². The van der Waals surface area contributed by atoms with Gasteiger partial charge in [-0.05, 0) is 44.4 Å². The topological polar surface area (TPSA) is 96.2 Å². The molecule has 1 unspecified atom stereocenters. The zero-order valence-corrected chi connectivity index (χ0v) is 11.3. The molecule has 2 N–H and O–H groups in total. The molecule has 0 aliphatic carbocycles. The summed E-state index contributed by atoms with van der Waals surface area (Å²) < 4.78 is 0. The summed E-state index contributed by atoms with van der Waals surface area (Å²) in [5.41, 5.74) is 6.44. The van der Waals surface area contributed by atoms with Gasteiger partial charge >= 0.3 is 0 Å². The van der Waals surface area contributed by atoms with Gasteiger partial charge in [0.15, 0.2) is 0 Å². The lowest BCUT2D eigenvalue weighted by molar-refractivity contribution is -0.385. The van der Waals surface area contributed by atoms with Crippen LogP contribution in [-0.4, -0.2) is 24.1 Å². The van der Waals surface area contributed by atoms with Crippen LogP contribution in [0, 0.1) is 21.4 Å². The van der Waals surface area contributed by atoms with E-state index in [1.807, 2.05) is 6.07 Å². The van der Waals surface area contributed by atoms with Gasteiger partial charge in [-0.1, -0.05) is 0 Å². The molecule has 2 rings (SSSR count). The summed E-state index contributed by atoms with van der Waals surface area (Å²) >= 11 is 0. The molecule has 0 spiro atoms. The number of rotatable bonds is 4. The van der Waals surface area contributed by atoms with Gasteiger partial charge in [0.05, 0.1) is 4.92 Å². The monoisotopic (exact) mass is 274 g/mol. The smallest absolute Gasteiger partial charge is 0.289 e. The van der Waals surface area contributed by atoms with Gasteiger partial charge in [-0.3, -0.25) is 10.1 Å². The van der Waals surface area contributed by atoms with Crippen molar-refractivity contribution in [1.29, 1.82) is 5.26 Å². The van der Waals surface area contributed by atoms with E-state index in [1.165, 1.54) is 18.6 Å². The van der Waals surface area contributed by atoms with Crippen LogP contribution in [0.2, 0.25) is 0 Å². The highest BCUT2D eigenvalue weighted by molar-refractivity contribution is 5.60. The number of nitriles is 1. The van der Waals surface area contributed by atoms with Crippen molar-refractivity contribution in [2.45, 2.75) is 31.7 Å². The third kappa shape index (κ3) is 2.89. The molecule has 0 bridgehead atoms. The molecule has 1 aromatic carbocycles. The number of piperidine rings is 1. The molecule has 1 atom stereocenters. The Labute approximate surface area is 117 Å². The molecule has 6 heteroatoms. The molecule has 6 nitrogen and oxygen atoms in total. The molecular weight excluding hydrogens is 256 g/mol. The van der Waals surface area contributed by atoms with Crippen molar-refractivity contribution in [2.24, 2.45) is 5.73 Å². The van der Waals surface area contributed by atoms with E-state index in [1.54, 1.807) is 6.07 Å². The summed E-state index contributed by atoms with van der Waals surface area (Å²) in [5, 5.41) is 20.0. The van der Waals surface area contributed by atoms with Crippen molar-refractivity contribution >= 4 is 11.4 Å². The van der Waals surface area contributed by atoms with Crippen LogP contribution in [-0.2, 0) is 0 Å². The Morgan fingerprint density at radius 3 is 2.95 bits per heavy atom. The largest absolute Gasteiger partial charge is 0.368 e. The lowest BCUT2D eigenvalue weighted by Gasteiger charge is -2.37. The minimum absolute atomic E-state index is 0.103. The fraction of sp³-hybridized carbons (Fsp3) is 0.500. The van der Waals surface area contributed by atoms with Crippen LogP contribution in [0.15, 0.2) is 18.2 Å². The summed E-state index contributed by atoms with van der Waals surface area (Å²) in [6.45, 7) is 1.49. The maximum atomic E-state index is 11.0. The number of nitrogens with zero attached hydrogens (tertiary/aromatic N) is 3. The molecule has 1 aliphatic heterocycles. The molecule has 1 aliphatic rings. The molecule has 1 aromatic rings. The maximum Gasteiger partial charge on any atom is 0.289 e. The van der Waals surface area contributed by atoms with E-state index in [0.29, 0.717) is 12.6 Å². The number of nitro benzene ring substituents is 1. The first-order valence-corrected chi connectivity index (χ1v) is 6.82. The van der Waals surface area contributed by atoms with Crippen LogP contribution >= 0.6 is 0 Å². The molecule has 1 saturated heterocycles. The molecular formula is C14H18N4O2. The fourth-order valence-corrected chi connectivity index (χ4v) is 2.78. The number of anilines is 1. The van der Waals surface area contributed by atoms with Crippen LogP contribution in [0.3, 0.4) is 0 Å². The second-order valence-electron chi connectivity index (χ2n) is 4.99. The molecule has 0 amide bonds. The van der Waals surface area contributed by atoms with Gasteiger partial charge in [0.1, 0.15) is 11.6 Å². The standard InChI is InChI=1S/C14H18N4O2/c15-7-6-12-3-1-2-8-17(12)13-5-4-11(10-16)14(9-13)18(19)20/h4-5,9,12H,1-3,6-8,15H2. The first-order valence-electron chi connectivity index (χ1n) is 6.82. The third-order valence-corrected chi connectivity index (χ3v) is 3.76. The zero-order valence-electron chi connectivity index (χ0n) is 11.3. The van der Waals surface area contributed by atoms with Crippen molar-refractivity contribution in [2.75, 3.05) is 18.0 Å². The lowest BCUT2D eigenvalue weighted by atomic mass is 9.98. The first kappa shape index (κ1) is 14.3. The van der Waals surface area contributed by atoms with Gasteiger partial charge in [-0.2, -0.15) is 5.26 Å². The van der Waals surface area contributed by atoms with E-state index < -0.39 is 4.92 Å². The highest BCUT2D eigenvalue weighted by Gasteiger charge is 2.24. The Bertz CT molecular complexity index is 536. The van der Waals surface area contributed by atoms with Crippen molar-refractivity contribution < 1.29 is 4.92 Å². The Morgan fingerprint density at radius 1 is 1.50 bits per heavy atom. The average Bonchev–Trinajstić information content (AvgIpc) is 2.47. The van der Waals surface area contributed by atoms with Crippen LogP contribution in [0.1, 0.15) is 31.2 Å². The summed E-state index contributed by atoms with van der Waals surface area (Å²) in [6, 6.07) is 7.03. The molecule has 0 saturated carbocycles. The van der Waals surface area contributed by atoms with E-state index in [9.17, 15) is 10.1 Å². The normalized spacial score (nSPS) is 18.6. The number of benzene rings is 1. The highest BCUT2D eigenvalue weighted by atomic mass is 16.6. The van der Waals surface area contributed by atoms with Gasteiger partial charge in [0.2, 0.25) is 0 Å². The maximum absolute atomic E-state index is 11.0. The van der Waals surface area contributed by atoms with E-state index in [0.717, 1.165) is 31.5 Å². The second-order valence-corrected chi connectivity index (χ2v) is 4.99. The number of hydrogen-bond donors (Lipinski definition) is 1. The Hall–Kier alpha value is -2.13. The van der Waals surface area contributed by atoms with Gasteiger partial charge in [0, 0.05) is 24.3 Å². The van der Waals surface area contributed by atoms with E-state index >= 15 is 0 Å².